The van der Waals surface area contributed by atoms with Crippen LogP contribution in [0.4, 0.5) is 5.82 Å². The Morgan fingerprint density at radius 3 is 2.42 bits per heavy atom. The number of aromatic nitrogens is 3. The maximum absolute atomic E-state index is 12.6. The number of rotatable bonds is 5. The highest BCUT2D eigenvalue weighted by Gasteiger charge is 2.23. The summed E-state index contributed by atoms with van der Waals surface area (Å²) < 4.78 is 29.5. The van der Waals surface area contributed by atoms with Crippen LogP contribution in [-0.4, -0.2) is 23.2 Å². The van der Waals surface area contributed by atoms with E-state index in [-0.39, 0.29) is 10.3 Å². The summed E-state index contributed by atoms with van der Waals surface area (Å²) in [7, 11) is -3.67. The zero-order valence-electron chi connectivity index (χ0n) is 15.0. The molecule has 2 aromatic heterocycles. The molecule has 0 amide bonds. The molecule has 0 atom stereocenters. The number of nitrogens with one attached hydrogen (secondary N) is 1. The predicted molar refractivity (Wildman–Crippen MR) is 102 cm³/mol. The molecule has 0 aliphatic rings. The van der Waals surface area contributed by atoms with E-state index in [1.54, 1.807) is 48.8 Å². The molecular weight excluding hydrogens is 348 g/mol. The second-order valence-corrected chi connectivity index (χ2v) is 8.78. The van der Waals surface area contributed by atoms with E-state index in [1.165, 1.54) is 0 Å². The molecule has 136 valence electrons. The zero-order chi connectivity index (χ0) is 18.8. The van der Waals surface area contributed by atoms with Gasteiger partial charge in [-0.1, -0.05) is 45.0 Å². The molecule has 2 heterocycles. The van der Waals surface area contributed by atoms with E-state index in [0.29, 0.717) is 12.4 Å². The fourth-order valence-electron chi connectivity index (χ4n) is 2.65. The average molecular weight is 370 g/mol. The minimum Gasteiger partial charge on any atom is -0.264 e. The third-order valence-electron chi connectivity index (χ3n) is 3.90. The molecule has 6 nitrogen and oxygen atoms in total. The van der Waals surface area contributed by atoms with E-state index in [0.717, 1.165) is 11.3 Å². The van der Waals surface area contributed by atoms with Gasteiger partial charge in [-0.2, -0.15) is 5.10 Å². The molecule has 3 aromatic rings. The van der Waals surface area contributed by atoms with Gasteiger partial charge >= 0.3 is 0 Å². The van der Waals surface area contributed by atoms with Gasteiger partial charge in [0.2, 0.25) is 0 Å². The minimum absolute atomic E-state index is 0.189. The highest BCUT2D eigenvalue weighted by molar-refractivity contribution is 7.92. The Morgan fingerprint density at radius 1 is 1.08 bits per heavy atom. The van der Waals surface area contributed by atoms with Crippen molar-refractivity contribution in [2.24, 2.45) is 0 Å². The highest BCUT2D eigenvalue weighted by atomic mass is 32.2. The number of anilines is 1. The van der Waals surface area contributed by atoms with Crippen molar-refractivity contribution in [1.29, 1.82) is 0 Å². The molecule has 26 heavy (non-hydrogen) atoms. The van der Waals surface area contributed by atoms with Crippen molar-refractivity contribution in [3.63, 3.8) is 0 Å². The van der Waals surface area contributed by atoms with Gasteiger partial charge in [0.25, 0.3) is 10.0 Å². The maximum Gasteiger partial charge on any atom is 0.263 e. The van der Waals surface area contributed by atoms with Crippen LogP contribution in [0.5, 0.6) is 0 Å². The Balaban J connectivity index is 1.94. The summed E-state index contributed by atoms with van der Waals surface area (Å²) in [5.74, 6) is 0.308. The lowest BCUT2D eigenvalue weighted by molar-refractivity contribution is 0.506. The summed E-state index contributed by atoms with van der Waals surface area (Å²) in [6.45, 7) is 6.73. The van der Waals surface area contributed by atoms with Gasteiger partial charge in [-0.15, -0.1) is 0 Å². The van der Waals surface area contributed by atoms with Crippen LogP contribution < -0.4 is 4.72 Å². The maximum atomic E-state index is 12.6. The Kier molecular flexibility index (Phi) is 4.82. The first kappa shape index (κ1) is 18.1. The quantitative estimate of drug-likeness (QED) is 0.746. The van der Waals surface area contributed by atoms with Gasteiger partial charge < -0.3 is 0 Å². The molecule has 3 rings (SSSR count). The predicted octanol–water partition coefficient (Wildman–Crippen LogP) is 3.42. The van der Waals surface area contributed by atoms with Crippen molar-refractivity contribution in [3.8, 4) is 0 Å². The average Bonchev–Trinajstić information content (AvgIpc) is 2.98. The van der Waals surface area contributed by atoms with Crippen LogP contribution in [0.3, 0.4) is 0 Å². The van der Waals surface area contributed by atoms with E-state index in [4.69, 9.17) is 0 Å². The van der Waals surface area contributed by atoms with Crippen LogP contribution in [0.15, 0.2) is 65.8 Å². The number of hydrogen-bond donors (Lipinski definition) is 1. The van der Waals surface area contributed by atoms with Gasteiger partial charge in [-0.25, -0.2) is 8.42 Å². The Labute approximate surface area is 154 Å². The minimum atomic E-state index is -3.67. The monoisotopic (exact) mass is 370 g/mol. The summed E-state index contributed by atoms with van der Waals surface area (Å²) in [5, 5.41) is 4.48. The lowest BCUT2D eigenvalue weighted by Gasteiger charge is -2.20. The van der Waals surface area contributed by atoms with Crippen molar-refractivity contribution in [2.45, 2.75) is 37.6 Å². The standard InChI is InChI=1S/C19H22N4O2S/c1-19(2,3)17-12-18(21-23(17)14-15-8-7-11-20-13-15)22-26(24,25)16-9-5-4-6-10-16/h4-13H,14H2,1-3H3,(H,21,22). The normalized spacial score (nSPS) is 12.1. The van der Waals surface area contributed by atoms with Crippen LogP contribution in [-0.2, 0) is 22.0 Å². The van der Waals surface area contributed by atoms with E-state index < -0.39 is 10.0 Å². The first-order valence-corrected chi connectivity index (χ1v) is 9.79. The fraction of sp³-hybridized carbons (Fsp3) is 0.263. The lowest BCUT2D eigenvalue weighted by Crippen LogP contribution is -2.19. The van der Waals surface area contributed by atoms with Crippen LogP contribution in [0.1, 0.15) is 32.0 Å². The van der Waals surface area contributed by atoms with E-state index in [2.05, 4.69) is 35.6 Å². The van der Waals surface area contributed by atoms with Crippen molar-refractivity contribution >= 4 is 15.8 Å². The molecule has 0 saturated heterocycles. The molecule has 1 N–H and O–H groups in total. The van der Waals surface area contributed by atoms with Crippen molar-refractivity contribution in [1.82, 2.24) is 14.8 Å². The SMILES string of the molecule is CC(C)(C)c1cc(NS(=O)(=O)c2ccccc2)nn1Cc1cccnc1. The third kappa shape index (κ3) is 4.11. The molecule has 0 unspecified atom stereocenters. The van der Waals surface area contributed by atoms with Crippen molar-refractivity contribution in [2.75, 3.05) is 4.72 Å². The summed E-state index contributed by atoms with van der Waals surface area (Å²) in [5.41, 5.74) is 1.75. The van der Waals surface area contributed by atoms with Gasteiger partial charge in [0.1, 0.15) is 0 Å². The highest BCUT2D eigenvalue weighted by Crippen LogP contribution is 2.26. The molecule has 7 heteroatoms. The van der Waals surface area contributed by atoms with Crippen molar-refractivity contribution < 1.29 is 8.42 Å². The number of benzene rings is 1. The van der Waals surface area contributed by atoms with Gasteiger partial charge in [0, 0.05) is 29.6 Å². The Hall–Kier alpha value is -2.67. The van der Waals surface area contributed by atoms with Gasteiger partial charge in [-0.05, 0) is 23.8 Å². The van der Waals surface area contributed by atoms with Crippen molar-refractivity contribution in [3.05, 3.63) is 72.2 Å². The van der Waals surface area contributed by atoms with Gasteiger partial charge in [0.15, 0.2) is 5.82 Å². The fourth-order valence-corrected chi connectivity index (χ4v) is 3.66. The van der Waals surface area contributed by atoms with Gasteiger partial charge in [0.05, 0.1) is 11.4 Å². The summed E-state index contributed by atoms with van der Waals surface area (Å²) in [6, 6.07) is 13.9. The summed E-state index contributed by atoms with van der Waals surface area (Å²) in [4.78, 5) is 4.33. The van der Waals surface area contributed by atoms with E-state index in [9.17, 15) is 8.42 Å². The smallest absolute Gasteiger partial charge is 0.263 e. The number of pyridine rings is 1. The molecule has 0 spiro atoms. The molecule has 0 bridgehead atoms. The summed E-state index contributed by atoms with van der Waals surface area (Å²) >= 11 is 0. The van der Waals surface area contributed by atoms with E-state index in [1.807, 2.05) is 16.8 Å². The Bertz CT molecular complexity index is 975. The topological polar surface area (TPSA) is 76.9 Å². The first-order chi connectivity index (χ1) is 12.3. The molecule has 1 aromatic carbocycles. The zero-order valence-corrected chi connectivity index (χ0v) is 15.9. The molecule has 0 aliphatic heterocycles. The molecular formula is C19H22N4O2S. The molecule has 0 fully saturated rings. The third-order valence-corrected chi connectivity index (χ3v) is 5.27. The number of nitrogens with zero attached hydrogens (tertiary/aromatic N) is 3. The van der Waals surface area contributed by atoms with Gasteiger partial charge in [-0.3, -0.25) is 14.4 Å². The summed E-state index contributed by atoms with van der Waals surface area (Å²) in [6.07, 6.45) is 3.50. The second kappa shape index (κ2) is 6.92. The molecule has 0 radical (unpaired) electrons. The molecule has 0 saturated carbocycles. The lowest BCUT2D eigenvalue weighted by atomic mass is 9.92. The van der Waals surface area contributed by atoms with Crippen LogP contribution in [0.2, 0.25) is 0 Å². The second-order valence-electron chi connectivity index (χ2n) is 7.10. The largest absolute Gasteiger partial charge is 0.264 e. The van der Waals surface area contributed by atoms with Crippen LogP contribution in [0, 0.1) is 0 Å². The number of hydrogen-bond acceptors (Lipinski definition) is 4. The van der Waals surface area contributed by atoms with Crippen LogP contribution >= 0.6 is 0 Å². The number of sulfonamides is 1. The van der Waals surface area contributed by atoms with Crippen LogP contribution in [0.25, 0.3) is 0 Å². The Morgan fingerprint density at radius 2 is 1.81 bits per heavy atom. The molecule has 0 aliphatic carbocycles. The van der Waals surface area contributed by atoms with E-state index >= 15 is 0 Å². The first-order valence-electron chi connectivity index (χ1n) is 8.31.